The van der Waals surface area contributed by atoms with Gasteiger partial charge in [-0.05, 0) is 59.0 Å². The largest absolute Gasteiger partial charge is 0.375 e. The summed E-state index contributed by atoms with van der Waals surface area (Å²) in [5.74, 6) is 0. The van der Waals surface area contributed by atoms with Crippen molar-refractivity contribution < 1.29 is 4.74 Å². The summed E-state index contributed by atoms with van der Waals surface area (Å²) in [6, 6.07) is 1.95. The van der Waals surface area contributed by atoms with Crippen LogP contribution in [0.1, 0.15) is 46.0 Å². The van der Waals surface area contributed by atoms with Gasteiger partial charge in [0.15, 0.2) is 0 Å². The lowest BCUT2D eigenvalue weighted by Gasteiger charge is -2.40. The molecule has 20 heavy (non-hydrogen) atoms. The highest BCUT2D eigenvalue weighted by molar-refractivity contribution is 4.92. The molecule has 0 spiro atoms. The first-order valence-electron chi connectivity index (χ1n) is 8.41. The lowest BCUT2D eigenvalue weighted by molar-refractivity contribution is -0.0809. The Kier molecular flexibility index (Phi) is 4.37. The number of piperidine rings is 1. The van der Waals surface area contributed by atoms with E-state index in [9.17, 15) is 0 Å². The van der Waals surface area contributed by atoms with Crippen LogP contribution in [0.3, 0.4) is 0 Å². The number of hydrogen-bond acceptors (Lipinski definition) is 4. The second-order valence-corrected chi connectivity index (χ2v) is 7.57. The molecule has 0 aromatic heterocycles. The molecule has 3 rings (SSSR count). The van der Waals surface area contributed by atoms with Gasteiger partial charge in [-0.3, -0.25) is 9.80 Å². The van der Waals surface area contributed by atoms with Gasteiger partial charge in [0, 0.05) is 37.8 Å². The molecule has 116 valence electrons. The highest BCUT2D eigenvalue weighted by Crippen LogP contribution is 2.30. The molecule has 0 amide bonds. The average Bonchev–Trinajstić information content (AvgIpc) is 2.88. The van der Waals surface area contributed by atoms with Gasteiger partial charge < -0.3 is 10.5 Å². The third-order valence-electron chi connectivity index (χ3n) is 5.47. The van der Waals surface area contributed by atoms with Crippen LogP contribution >= 0.6 is 0 Å². The summed E-state index contributed by atoms with van der Waals surface area (Å²) in [6.07, 6.45) is 6.10. The molecular formula is C16H31N3O. The zero-order valence-electron chi connectivity index (χ0n) is 13.2. The summed E-state index contributed by atoms with van der Waals surface area (Å²) < 4.78 is 5.86. The Balaban J connectivity index is 1.51. The fraction of sp³-hybridized carbons (Fsp3) is 1.00. The third-order valence-corrected chi connectivity index (χ3v) is 5.47. The van der Waals surface area contributed by atoms with E-state index in [0.29, 0.717) is 6.04 Å². The summed E-state index contributed by atoms with van der Waals surface area (Å²) in [5, 5.41) is 0. The fourth-order valence-electron chi connectivity index (χ4n) is 4.19. The smallest absolute Gasteiger partial charge is 0.0641 e. The molecule has 3 heterocycles. The highest BCUT2D eigenvalue weighted by Gasteiger charge is 2.37. The number of nitrogens with zero attached hydrogens (tertiary/aromatic N) is 2. The van der Waals surface area contributed by atoms with Crippen LogP contribution in [-0.2, 0) is 4.74 Å². The van der Waals surface area contributed by atoms with Crippen molar-refractivity contribution in [3.05, 3.63) is 0 Å². The number of nitrogens with two attached hydrogens (primary N) is 1. The van der Waals surface area contributed by atoms with Crippen molar-refractivity contribution in [3.63, 3.8) is 0 Å². The van der Waals surface area contributed by atoms with Crippen molar-refractivity contribution >= 4 is 0 Å². The van der Waals surface area contributed by atoms with Gasteiger partial charge in [-0.1, -0.05) is 0 Å². The van der Waals surface area contributed by atoms with Gasteiger partial charge in [0.05, 0.1) is 5.60 Å². The van der Waals surface area contributed by atoms with E-state index in [-0.39, 0.29) is 5.60 Å². The molecule has 2 N–H and O–H groups in total. The van der Waals surface area contributed by atoms with Crippen molar-refractivity contribution in [2.45, 2.75) is 69.7 Å². The Hall–Kier alpha value is -0.160. The summed E-state index contributed by atoms with van der Waals surface area (Å²) in [7, 11) is 0. The molecule has 0 aliphatic carbocycles. The van der Waals surface area contributed by atoms with Gasteiger partial charge in [-0.25, -0.2) is 0 Å². The van der Waals surface area contributed by atoms with Crippen LogP contribution in [0.4, 0.5) is 0 Å². The quantitative estimate of drug-likeness (QED) is 0.832. The SMILES string of the molecule is CC1(C)CC(N2CCC(N3CCC(N)CC3)C2)CCO1. The first-order chi connectivity index (χ1) is 9.53. The van der Waals surface area contributed by atoms with Crippen molar-refractivity contribution in [2.75, 3.05) is 32.8 Å². The van der Waals surface area contributed by atoms with Crippen LogP contribution in [0.15, 0.2) is 0 Å². The molecule has 0 bridgehead atoms. The minimum Gasteiger partial charge on any atom is -0.375 e. The van der Waals surface area contributed by atoms with Crippen LogP contribution in [-0.4, -0.2) is 66.3 Å². The maximum Gasteiger partial charge on any atom is 0.0641 e. The molecular weight excluding hydrogens is 250 g/mol. The monoisotopic (exact) mass is 281 g/mol. The van der Waals surface area contributed by atoms with Gasteiger partial charge in [0.25, 0.3) is 0 Å². The molecule has 0 aromatic rings. The summed E-state index contributed by atoms with van der Waals surface area (Å²) in [5.41, 5.74) is 6.09. The molecule has 4 nitrogen and oxygen atoms in total. The summed E-state index contributed by atoms with van der Waals surface area (Å²) >= 11 is 0. The molecule has 2 atom stereocenters. The molecule has 3 saturated heterocycles. The van der Waals surface area contributed by atoms with Crippen LogP contribution in [0.5, 0.6) is 0 Å². The zero-order valence-corrected chi connectivity index (χ0v) is 13.2. The van der Waals surface area contributed by atoms with Gasteiger partial charge in [0.1, 0.15) is 0 Å². The number of hydrogen-bond donors (Lipinski definition) is 1. The van der Waals surface area contributed by atoms with Crippen LogP contribution in [0.2, 0.25) is 0 Å². The predicted molar refractivity (Wildman–Crippen MR) is 81.8 cm³/mol. The Morgan fingerprint density at radius 2 is 1.65 bits per heavy atom. The predicted octanol–water partition coefficient (Wildman–Crippen LogP) is 1.44. The molecule has 4 heteroatoms. The fourth-order valence-corrected chi connectivity index (χ4v) is 4.19. The van der Waals surface area contributed by atoms with Gasteiger partial charge >= 0.3 is 0 Å². The minimum atomic E-state index is 0.0684. The molecule has 3 fully saturated rings. The average molecular weight is 281 g/mol. The van der Waals surface area contributed by atoms with Crippen molar-refractivity contribution in [3.8, 4) is 0 Å². The second-order valence-electron chi connectivity index (χ2n) is 7.57. The topological polar surface area (TPSA) is 41.7 Å². The molecule has 3 aliphatic rings. The van der Waals surface area contributed by atoms with E-state index in [4.69, 9.17) is 10.5 Å². The zero-order chi connectivity index (χ0) is 14.2. The number of rotatable bonds is 2. The lowest BCUT2D eigenvalue weighted by Crippen LogP contribution is -2.48. The standard InChI is InChI=1S/C16H31N3O/c1-16(2)11-14(6-10-20-16)19-9-5-15(12-19)18-7-3-13(17)4-8-18/h13-15H,3-12,17H2,1-2H3. The maximum atomic E-state index is 6.02. The second kappa shape index (κ2) is 5.91. The Bertz CT molecular complexity index is 326. The van der Waals surface area contributed by atoms with Gasteiger partial charge in [0.2, 0.25) is 0 Å². The molecule has 3 aliphatic heterocycles. The van der Waals surface area contributed by atoms with Crippen molar-refractivity contribution in [1.82, 2.24) is 9.80 Å². The van der Waals surface area contributed by atoms with E-state index in [1.54, 1.807) is 0 Å². The van der Waals surface area contributed by atoms with E-state index < -0.39 is 0 Å². The summed E-state index contributed by atoms with van der Waals surface area (Å²) in [4.78, 5) is 5.41. The third kappa shape index (κ3) is 3.35. The van der Waals surface area contributed by atoms with E-state index in [1.165, 1.54) is 58.3 Å². The first kappa shape index (κ1) is 14.8. The molecule has 0 radical (unpaired) electrons. The van der Waals surface area contributed by atoms with Crippen LogP contribution in [0.25, 0.3) is 0 Å². The number of likely N-dealkylation sites (tertiary alicyclic amines) is 2. The Morgan fingerprint density at radius 1 is 0.950 bits per heavy atom. The Labute approximate surface area is 123 Å². The maximum absolute atomic E-state index is 6.02. The molecule has 2 unspecified atom stereocenters. The summed E-state index contributed by atoms with van der Waals surface area (Å²) in [6.45, 7) is 10.3. The highest BCUT2D eigenvalue weighted by atomic mass is 16.5. The van der Waals surface area contributed by atoms with Crippen LogP contribution < -0.4 is 5.73 Å². The van der Waals surface area contributed by atoms with E-state index in [2.05, 4.69) is 23.6 Å². The first-order valence-corrected chi connectivity index (χ1v) is 8.41. The number of ether oxygens (including phenoxy) is 1. The normalized spacial score (nSPS) is 37.4. The van der Waals surface area contributed by atoms with Gasteiger partial charge in [-0.2, -0.15) is 0 Å². The lowest BCUT2D eigenvalue weighted by atomic mass is 9.93. The molecule has 0 saturated carbocycles. The Morgan fingerprint density at radius 3 is 2.35 bits per heavy atom. The van der Waals surface area contributed by atoms with Crippen molar-refractivity contribution in [2.24, 2.45) is 5.73 Å². The van der Waals surface area contributed by atoms with E-state index >= 15 is 0 Å². The van der Waals surface area contributed by atoms with Gasteiger partial charge in [-0.15, -0.1) is 0 Å². The van der Waals surface area contributed by atoms with E-state index in [0.717, 1.165) is 18.7 Å². The van der Waals surface area contributed by atoms with Crippen molar-refractivity contribution in [1.29, 1.82) is 0 Å². The van der Waals surface area contributed by atoms with E-state index in [1.807, 2.05) is 0 Å². The molecule has 0 aromatic carbocycles. The van der Waals surface area contributed by atoms with Crippen LogP contribution in [0, 0.1) is 0 Å². The minimum absolute atomic E-state index is 0.0684.